The molecule has 7 heteroatoms. The minimum absolute atomic E-state index is 0.0855. The Bertz CT molecular complexity index is 610. The summed E-state index contributed by atoms with van der Waals surface area (Å²) in [5.41, 5.74) is 1.29. The largest absolute Gasteiger partial charge is 0.497 e. The number of sulfonamides is 1. The Hall–Kier alpha value is -1.15. The molecule has 0 bridgehead atoms. The molecule has 0 radical (unpaired) electrons. The lowest BCUT2D eigenvalue weighted by atomic mass is 10.0. The van der Waals surface area contributed by atoms with Crippen molar-refractivity contribution in [2.75, 3.05) is 53.3 Å². The van der Waals surface area contributed by atoms with Crippen LogP contribution >= 0.6 is 0 Å². The van der Waals surface area contributed by atoms with Gasteiger partial charge in [0, 0.05) is 26.2 Å². The van der Waals surface area contributed by atoms with E-state index in [4.69, 9.17) is 9.47 Å². The molecule has 6 nitrogen and oxygen atoms in total. The van der Waals surface area contributed by atoms with Crippen LogP contribution < -0.4 is 4.74 Å². The third-order valence-electron chi connectivity index (χ3n) is 4.78. The molecule has 1 aromatic carbocycles. The fourth-order valence-corrected chi connectivity index (χ4v) is 4.47. The van der Waals surface area contributed by atoms with Crippen LogP contribution in [0.4, 0.5) is 0 Å². The van der Waals surface area contributed by atoms with Gasteiger partial charge in [-0.3, -0.25) is 0 Å². The molecular formula is C18H30N2O4S. The average Bonchev–Trinajstić information content (AvgIpc) is 2.60. The zero-order valence-electron chi connectivity index (χ0n) is 15.5. The number of ether oxygens (including phenoxy) is 2. The van der Waals surface area contributed by atoms with Crippen molar-refractivity contribution >= 4 is 10.0 Å². The van der Waals surface area contributed by atoms with E-state index in [2.05, 4.69) is 17.0 Å². The highest BCUT2D eigenvalue weighted by molar-refractivity contribution is 7.88. The molecule has 142 valence electrons. The molecule has 1 aliphatic heterocycles. The van der Waals surface area contributed by atoms with Crippen LogP contribution in [0.1, 0.15) is 18.4 Å². The molecule has 1 heterocycles. The lowest BCUT2D eigenvalue weighted by Gasteiger charge is -2.37. The van der Waals surface area contributed by atoms with Crippen molar-refractivity contribution in [3.05, 3.63) is 29.8 Å². The van der Waals surface area contributed by atoms with Crippen LogP contribution in [0.15, 0.2) is 24.3 Å². The van der Waals surface area contributed by atoms with Gasteiger partial charge in [0.05, 0.1) is 20.0 Å². The molecule has 25 heavy (non-hydrogen) atoms. The maximum atomic E-state index is 12.0. The molecule has 2 rings (SSSR count). The van der Waals surface area contributed by atoms with Gasteiger partial charge in [0.1, 0.15) is 5.75 Å². The third kappa shape index (κ3) is 6.26. The number of methoxy groups -OCH3 is 2. The van der Waals surface area contributed by atoms with Gasteiger partial charge in [0.15, 0.2) is 0 Å². The molecule has 1 fully saturated rings. The van der Waals surface area contributed by atoms with Crippen LogP contribution in [-0.4, -0.2) is 76.9 Å². The minimum atomic E-state index is -3.19. The Morgan fingerprint density at radius 2 is 1.80 bits per heavy atom. The van der Waals surface area contributed by atoms with E-state index in [-0.39, 0.29) is 6.04 Å². The molecule has 0 aliphatic carbocycles. The first-order valence-corrected chi connectivity index (χ1v) is 10.6. The van der Waals surface area contributed by atoms with E-state index in [1.807, 2.05) is 12.1 Å². The molecule has 0 saturated carbocycles. The standard InChI is InChI=1S/C18H30N2O4S/c1-23-15-14-20(25(3,21)22)17-9-12-19(13-10-17)11-8-16-4-6-18(24-2)7-5-16/h4-7,17H,8-15H2,1-3H3. The van der Waals surface area contributed by atoms with Crippen LogP contribution in [0.3, 0.4) is 0 Å². The Morgan fingerprint density at radius 3 is 2.32 bits per heavy atom. The van der Waals surface area contributed by atoms with Gasteiger partial charge in [-0.15, -0.1) is 0 Å². The van der Waals surface area contributed by atoms with Crippen LogP contribution in [0.2, 0.25) is 0 Å². The Labute approximate surface area is 151 Å². The number of hydrogen-bond acceptors (Lipinski definition) is 5. The number of likely N-dealkylation sites (tertiary alicyclic amines) is 1. The minimum Gasteiger partial charge on any atom is -0.497 e. The summed E-state index contributed by atoms with van der Waals surface area (Å²) in [6, 6.07) is 8.26. The molecule has 0 N–H and O–H groups in total. The number of rotatable bonds is 9. The van der Waals surface area contributed by atoms with E-state index in [0.29, 0.717) is 13.2 Å². The molecule has 0 spiro atoms. The summed E-state index contributed by atoms with van der Waals surface area (Å²) in [4.78, 5) is 2.41. The van der Waals surface area contributed by atoms with Gasteiger partial charge in [-0.05, 0) is 50.0 Å². The van der Waals surface area contributed by atoms with Gasteiger partial charge in [0.2, 0.25) is 10.0 Å². The fraction of sp³-hybridized carbons (Fsp3) is 0.667. The zero-order chi connectivity index (χ0) is 18.3. The Morgan fingerprint density at radius 1 is 1.16 bits per heavy atom. The zero-order valence-corrected chi connectivity index (χ0v) is 16.3. The summed E-state index contributed by atoms with van der Waals surface area (Å²) in [6.07, 6.45) is 4.03. The number of benzene rings is 1. The monoisotopic (exact) mass is 370 g/mol. The predicted molar refractivity (Wildman–Crippen MR) is 99.6 cm³/mol. The van der Waals surface area contributed by atoms with Gasteiger partial charge in [-0.25, -0.2) is 8.42 Å². The van der Waals surface area contributed by atoms with Crippen LogP contribution in [0.25, 0.3) is 0 Å². The lowest BCUT2D eigenvalue weighted by Crippen LogP contribution is -2.48. The number of nitrogens with zero attached hydrogens (tertiary/aromatic N) is 2. The molecule has 0 atom stereocenters. The van der Waals surface area contributed by atoms with E-state index >= 15 is 0 Å². The SMILES string of the molecule is COCCN(C1CCN(CCc2ccc(OC)cc2)CC1)S(C)(=O)=O. The van der Waals surface area contributed by atoms with E-state index in [0.717, 1.165) is 44.6 Å². The quantitative estimate of drug-likeness (QED) is 0.661. The van der Waals surface area contributed by atoms with Crippen molar-refractivity contribution in [2.45, 2.75) is 25.3 Å². The van der Waals surface area contributed by atoms with Gasteiger partial charge in [-0.1, -0.05) is 12.1 Å². The molecule has 1 aromatic rings. The van der Waals surface area contributed by atoms with Crippen molar-refractivity contribution in [3.63, 3.8) is 0 Å². The highest BCUT2D eigenvalue weighted by Gasteiger charge is 2.29. The van der Waals surface area contributed by atoms with Gasteiger partial charge >= 0.3 is 0 Å². The van der Waals surface area contributed by atoms with Crippen molar-refractivity contribution < 1.29 is 17.9 Å². The topological polar surface area (TPSA) is 59.1 Å². The van der Waals surface area contributed by atoms with Crippen molar-refractivity contribution in [1.29, 1.82) is 0 Å². The van der Waals surface area contributed by atoms with Crippen LogP contribution in [-0.2, 0) is 21.2 Å². The Balaban J connectivity index is 1.81. The molecular weight excluding hydrogens is 340 g/mol. The van der Waals surface area contributed by atoms with Gasteiger partial charge in [-0.2, -0.15) is 4.31 Å². The fourth-order valence-electron chi connectivity index (χ4n) is 3.31. The van der Waals surface area contributed by atoms with Gasteiger partial charge in [0.25, 0.3) is 0 Å². The number of hydrogen-bond donors (Lipinski definition) is 0. The summed E-state index contributed by atoms with van der Waals surface area (Å²) >= 11 is 0. The second kappa shape index (κ2) is 9.52. The highest BCUT2D eigenvalue weighted by atomic mass is 32.2. The summed E-state index contributed by atoms with van der Waals surface area (Å²) in [6.45, 7) is 3.73. The van der Waals surface area contributed by atoms with E-state index < -0.39 is 10.0 Å². The molecule has 0 unspecified atom stereocenters. The van der Waals surface area contributed by atoms with Crippen molar-refractivity contribution in [1.82, 2.24) is 9.21 Å². The third-order valence-corrected chi connectivity index (χ3v) is 6.11. The molecule has 0 aromatic heterocycles. The van der Waals surface area contributed by atoms with Gasteiger partial charge < -0.3 is 14.4 Å². The predicted octanol–water partition coefficient (Wildman–Crippen LogP) is 1.61. The highest BCUT2D eigenvalue weighted by Crippen LogP contribution is 2.20. The average molecular weight is 371 g/mol. The number of piperidine rings is 1. The maximum absolute atomic E-state index is 12.0. The van der Waals surface area contributed by atoms with Crippen LogP contribution in [0.5, 0.6) is 5.75 Å². The normalized spacial score (nSPS) is 17.1. The first-order valence-electron chi connectivity index (χ1n) is 8.75. The lowest BCUT2D eigenvalue weighted by molar-refractivity contribution is 0.129. The van der Waals surface area contributed by atoms with Crippen molar-refractivity contribution in [2.24, 2.45) is 0 Å². The molecule has 1 saturated heterocycles. The van der Waals surface area contributed by atoms with Crippen molar-refractivity contribution in [3.8, 4) is 5.75 Å². The smallest absolute Gasteiger partial charge is 0.211 e. The first-order chi connectivity index (χ1) is 11.9. The van der Waals surface area contributed by atoms with Crippen LogP contribution in [0, 0.1) is 0 Å². The summed E-state index contributed by atoms with van der Waals surface area (Å²) in [7, 11) is 0.0784. The van der Waals surface area contributed by atoms with E-state index in [9.17, 15) is 8.42 Å². The maximum Gasteiger partial charge on any atom is 0.211 e. The van der Waals surface area contributed by atoms with E-state index in [1.165, 1.54) is 11.8 Å². The summed E-state index contributed by atoms with van der Waals surface area (Å²) in [5.74, 6) is 0.876. The summed E-state index contributed by atoms with van der Waals surface area (Å²) < 4.78 is 35.9. The van der Waals surface area contributed by atoms with E-state index in [1.54, 1.807) is 18.5 Å². The first kappa shape index (κ1) is 20.2. The molecule has 1 aliphatic rings. The second-order valence-corrected chi connectivity index (χ2v) is 8.47. The molecule has 0 amide bonds. The second-order valence-electron chi connectivity index (χ2n) is 6.54. The Kier molecular flexibility index (Phi) is 7.68. The summed E-state index contributed by atoms with van der Waals surface area (Å²) in [5, 5.41) is 0.